The van der Waals surface area contributed by atoms with Gasteiger partial charge in [-0.1, -0.05) is 13.3 Å². The second-order valence-electron chi connectivity index (χ2n) is 8.03. The zero-order chi connectivity index (χ0) is 21.6. The fraction of sp³-hybridized carbons (Fsp3) is 0.333. The Hall–Kier alpha value is -2.50. The van der Waals surface area contributed by atoms with E-state index in [1.165, 1.54) is 12.1 Å². The Bertz CT molecular complexity index is 1090. The molecule has 1 saturated carbocycles. The second kappa shape index (κ2) is 7.97. The minimum atomic E-state index is -1.80. The number of rotatable bonds is 3. The first-order valence-corrected chi connectivity index (χ1v) is 10.1. The third-order valence-electron chi connectivity index (χ3n) is 6.27. The van der Waals surface area contributed by atoms with E-state index in [0.717, 1.165) is 44.2 Å². The molecule has 3 aromatic rings. The minimum absolute atomic E-state index is 0.0605. The summed E-state index contributed by atoms with van der Waals surface area (Å²) in [5.74, 6) is -7.24. The van der Waals surface area contributed by atoms with Crippen molar-refractivity contribution < 1.29 is 26.3 Å². The maximum absolute atomic E-state index is 14.9. The average Bonchev–Trinajstić information content (AvgIpc) is 2.71. The molecule has 158 valence electrons. The molecule has 1 aliphatic carbocycles. The van der Waals surface area contributed by atoms with Crippen molar-refractivity contribution in [2.75, 3.05) is 0 Å². The summed E-state index contributed by atoms with van der Waals surface area (Å²) < 4.78 is 85.1. The Kier molecular flexibility index (Phi) is 5.51. The van der Waals surface area contributed by atoms with Crippen LogP contribution in [0.4, 0.5) is 26.3 Å². The van der Waals surface area contributed by atoms with Gasteiger partial charge in [-0.25, -0.2) is 26.3 Å². The van der Waals surface area contributed by atoms with Gasteiger partial charge in [-0.3, -0.25) is 0 Å². The van der Waals surface area contributed by atoms with E-state index < -0.39 is 45.9 Å². The molecule has 0 nitrogen and oxygen atoms in total. The summed E-state index contributed by atoms with van der Waals surface area (Å²) in [6, 6.07) is 4.90. The molecule has 0 radical (unpaired) electrons. The van der Waals surface area contributed by atoms with Gasteiger partial charge in [-0.15, -0.1) is 0 Å². The molecule has 4 rings (SSSR count). The van der Waals surface area contributed by atoms with Crippen LogP contribution in [0.2, 0.25) is 0 Å². The lowest BCUT2D eigenvalue weighted by molar-refractivity contribution is 0.318. The monoisotopic (exact) mass is 422 g/mol. The molecule has 0 spiro atoms. The van der Waals surface area contributed by atoms with E-state index in [4.69, 9.17) is 0 Å². The Morgan fingerprint density at radius 3 is 1.93 bits per heavy atom. The van der Waals surface area contributed by atoms with Gasteiger partial charge in [0.25, 0.3) is 0 Å². The number of benzene rings is 3. The van der Waals surface area contributed by atoms with Crippen LogP contribution >= 0.6 is 0 Å². The Balaban J connectivity index is 1.76. The summed E-state index contributed by atoms with van der Waals surface area (Å²) in [6.45, 7) is 2.13. The van der Waals surface area contributed by atoms with Crippen LogP contribution in [0.25, 0.3) is 21.9 Å². The van der Waals surface area contributed by atoms with Gasteiger partial charge in [-0.05, 0) is 84.4 Å². The van der Waals surface area contributed by atoms with E-state index >= 15 is 0 Å². The molecule has 1 aliphatic rings. The van der Waals surface area contributed by atoms with Crippen LogP contribution in [0.15, 0.2) is 30.3 Å². The maximum atomic E-state index is 14.9. The third kappa shape index (κ3) is 3.57. The molecule has 6 heteroatoms. The van der Waals surface area contributed by atoms with Crippen LogP contribution < -0.4 is 0 Å². The van der Waals surface area contributed by atoms with Crippen LogP contribution in [0.5, 0.6) is 0 Å². The molecule has 0 bridgehead atoms. The Labute approximate surface area is 170 Å². The van der Waals surface area contributed by atoms with E-state index in [1.807, 2.05) is 0 Å². The molecule has 0 saturated heterocycles. The van der Waals surface area contributed by atoms with Crippen molar-refractivity contribution in [1.29, 1.82) is 0 Å². The number of hydrogen-bond acceptors (Lipinski definition) is 0. The summed E-state index contributed by atoms with van der Waals surface area (Å²) in [5.41, 5.74) is -0.127. The van der Waals surface area contributed by atoms with Gasteiger partial charge in [0.15, 0.2) is 17.5 Å². The molecular formula is C24H20F6. The summed E-state index contributed by atoms with van der Waals surface area (Å²) >= 11 is 0. The van der Waals surface area contributed by atoms with Crippen molar-refractivity contribution in [3.05, 3.63) is 70.8 Å². The van der Waals surface area contributed by atoms with Crippen LogP contribution in [0, 0.1) is 40.8 Å². The van der Waals surface area contributed by atoms with Gasteiger partial charge in [-0.2, -0.15) is 0 Å². The van der Waals surface area contributed by atoms with Crippen molar-refractivity contribution in [2.45, 2.75) is 44.9 Å². The van der Waals surface area contributed by atoms with Crippen molar-refractivity contribution in [3.8, 4) is 11.1 Å². The fourth-order valence-corrected chi connectivity index (χ4v) is 4.54. The fourth-order valence-electron chi connectivity index (χ4n) is 4.54. The lowest BCUT2D eigenvalue weighted by atomic mass is 9.77. The first-order chi connectivity index (χ1) is 14.3. The van der Waals surface area contributed by atoms with Gasteiger partial charge >= 0.3 is 0 Å². The zero-order valence-electron chi connectivity index (χ0n) is 16.3. The normalized spacial score (nSPS) is 19.4. The topological polar surface area (TPSA) is 0 Å². The largest absolute Gasteiger partial charge is 0.206 e. The van der Waals surface area contributed by atoms with Gasteiger partial charge in [0.2, 0.25) is 0 Å². The first-order valence-electron chi connectivity index (χ1n) is 10.1. The van der Waals surface area contributed by atoms with E-state index in [9.17, 15) is 26.3 Å². The SMILES string of the molecule is CC[C@H]1CC[C@H](c2cc(F)c(-c3cc(F)c4c(F)c(F)c(F)cc4c3)c(F)c2)CC1. The zero-order valence-corrected chi connectivity index (χ0v) is 16.3. The van der Waals surface area contributed by atoms with Gasteiger partial charge in [0.1, 0.15) is 17.5 Å². The summed E-state index contributed by atoms with van der Waals surface area (Å²) in [5, 5.41) is -1.08. The average molecular weight is 422 g/mol. The van der Waals surface area contributed by atoms with Crippen molar-refractivity contribution in [1.82, 2.24) is 0 Å². The predicted octanol–water partition coefficient (Wildman–Crippen LogP) is 8.03. The highest BCUT2D eigenvalue weighted by Crippen LogP contribution is 2.40. The molecular weight excluding hydrogens is 402 g/mol. The highest BCUT2D eigenvalue weighted by Gasteiger charge is 2.25. The maximum Gasteiger partial charge on any atom is 0.195 e. The summed E-state index contributed by atoms with van der Waals surface area (Å²) in [4.78, 5) is 0. The van der Waals surface area contributed by atoms with E-state index in [-0.39, 0.29) is 16.9 Å². The van der Waals surface area contributed by atoms with Crippen molar-refractivity contribution in [2.24, 2.45) is 5.92 Å². The van der Waals surface area contributed by atoms with Gasteiger partial charge < -0.3 is 0 Å². The molecule has 0 atom stereocenters. The molecule has 0 unspecified atom stereocenters. The molecule has 30 heavy (non-hydrogen) atoms. The number of halogens is 6. The quantitative estimate of drug-likeness (QED) is 0.296. The van der Waals surface area contributed by atoms with Crippen LogP contribution in [-0.4, -0.2) is 0 Å². The van der Waals surface area contributed by atoms with E-state index in [0.29, 0.717) is 17.5 Å². The smallest absolute Gasteiger partial charge is 0.195 e. The molecule has 0 N–H and O–H groups in total. The second-order valence-corrected chi connectivity index (χ2v) is 8.03. The Morgan fingerprint density at radius 2 is 1.33 bits per heavy atom. The molecule has 0 aromatic heterocycles. The lowest BCUT2D eigenvalue weighted by Crippen LogP contribution is -2.13. The summed E-state index contributed by atoms with van der Waals surface area (Å²) in [7, 11) is 0. The minimum Gasteiger partial charge on any atom is -0.206 e. The molecule has 0 amide bonds. The molecule has 3 aromatic carbocycles. The van der Waals surface area contributed by atoms with Crippen LogP contribution in [0.1, 0.15) is 50.5 Å². The van der Waals surface area contributed by atoms with Crippen LogP contribution in [0.3, 0.4) is 0 Å². The predicted molar refractivity (Wildman–Crippen MR) is 104 cm³/mol. The number of hydrogen-bond donors (Lipinski definition) is 0. The molecule has 0 heterocycles. The standard InChI is InChI=1S/C24H20F6/c1-2-12-3-5-13(6-4-12)14-8-17(25)21(18(26)9-14)15-7-16-11-20(28)23(29)24(30)22(16)19(27)10-15/h7-13H,2-6H2,1H3/t12-,13-. The summed E-state index contributed by atoms with van der Waals surface area (Å²) in [6.07, 6.45) is 4.81. The number of fused-ring (bicyclic) bond motifs is 1. The van der Waals surface area contributed by atoms with Crippen molar-refractivity contribution in [3.63, 3.8) is 0 Å². The van der Waals surface area contributed by atoms with Crippen LogP contribution in [-0.2, 0) is 0 Å². The first kappa shape index (κ1) is 20.8. The third-order valence-corrected chi connectivity index (χ3v) is 6.27. The highest BCUT2D eigenvalue weighted by atomic mass is 19.2. The Morgan fingerprint density at radius 1 is 0.700 bits per heavy atom. The van der Waals surface area contributed by atoms with Crippen molar-refractivity contribution >= 4 is 10.8 Å². The lowest BCUT2D eigenvalue weighted by Gasteiger charge is -2.28. The van der Waals surface area contributed by atoms with Gasteiger partial charge in [0.05, 0.1) is 10.9 Å². The molecule has 0 aliphatic heterocycles. The highest BCUT2D eigenvalue weighted by molar-refractivity contribution is 5.88. The molecule has 1 fully saturated rings. The van der Waals surface area contributed by atoms with Gasteiger partial charge in [0, 0.05) is 0 Å². The van der Waals surface area contributed by atoms with E-state index in [1.54, 1.807) is 0 Å². The van der Waals surface area contributed by atoms with E-state index in [2.05, 4.69) is 6.92 Å².